The van der Waals surface area contributed by atoms with Crippen LogP contribution in [0.25, 0.3) is 28.0 Å². The summed E-state index contributed by atoms with van der Waals surface area (Å²) in [4.78, 5) is 17.6. The summed E-state index contributed by atoms with van der Waals surface area (Å²) in [6, 6.07) is 2.79. The highest BCUT2D eigenvalue weighted by atomic mass is 19.4. The zero-order chi connectivity index (χ0) is 26.0. The molecule has 0 amide bonds. The summed E-state index contributed by atoms with van der Waals surface area (Å²) in [5.74, 6) is -0.869. The average Bonchev–Trinajstić information content (AvgIpc) is 3.30. The van der Waals surface area contributed by atoms with Gasteiger partial charge in [-0.05, 0) is 44.4 Å². The molecule has 0 spiro atoms. The van der Waals surface area contributed by atoms with Crippen molar-refractivity contribution in [2.45, 2.75) is 52.3 Å². The number of hydrogen-bond acceptors (Lipinski definition) is 5. The molecule has 35 heavy (non-hydrogen) atoms. The van der Waals surface area contributed by atoms with Crippen LogP contribution in [0.1, 0.15) is 56.4 Å². The van der Waals surface area contributed by atoms with Crippen molar-refractivity contribution in [2.24, 2.45) is 7.05 Å². The molecule has 0 aromatic carbocycles. The van der Waals surface area contributed by atoms with E-state index >= 15 is 4.39 Å². The van der Waals surface area contributed by atoms with Gasteiger partial charge in [0, 0.05) is 18.8 Å². The van der Waals surface area contributed by atoms with Gasteiger partial charge in [0.2, 0.25) is 0 Å². The summed E-state index contributed by atoms with van der Waals surface area (Å²) in [5, 5.41) is 20.1. The molecule has 4 rings (SSSR count). The number of nitrogens with one attached hydrogen (secondary N) is 1. The summed E-state index contributed by atoms with van der Waals surface area (Å²) in [5.41, 5.74) is -3.10. The summed E-state index contributed by atoms with van der Waals surface area (Å²) in [6.07, 6.45) is -3.84. The molecule has 4 aromatic heterocycles. The Labute approximate surface area is 197 Å². The molecule has 0 aliphatic carbocycles. The van der Waals surface area contributed by atoms with E-state index in [1.807, 2.05) is 18.9 Å². The smallest absolute Gasteiger partial charge is 0.382 e. The van der Waals surface area contributed by atoms with E-state index in [0.29, 0.717) is 11.1 Å². The Morgan fingerprint density at radius 3 is 2.34 bits per heavy atom. The summed E-state index contributed by atoms with van der Waals surface area (Å²) in [6.45, 7) is 8.02. The molecular formula is C23H24F4N6O2. The van der Waals surface area contributed by atoms with Crippen LogP contribution >= 0.6 is 0 Å². The number of rotatable bonds is 4. The van der Waals surface area contributed by atoms with Crippen LogP contribution < -0.4 is 5.56 Å². The van der Waals surface area contributed by atoms with Crippen molar-refractivity contribution in [3.63, 3.8) is 0 Å². The van der Waals surface area contributed by atoms with Crippen molar-refractivity contribution < 1.29 is 22.7 Å². The first-order chi connectivity index (χ1) is 16.1. The van der Waals surface area contributed by atoms with Crippen molar-refractivity contribution in [1.29, 1.82) is 0 Å². The van der Waals surface area contributed by atoms with Crippen molar-refractivity contribution in [1.82, 2.24) is 29.4 Å². The first-order valence-corrected chi connectivity index (χ1v) is 10.8. The van der Waals surface area contributed by atoms with Gasteiger partial charge in [-0.3, -0.25) is 14.3 Å². The van der Waals surface area contributed by atoms with Gasteiger partial charge in [0.15, 0.2) is 17.5 Å². The molecule has 186 valence electrons. The lowest BCUT2D eigenvalue weighted by atomic mass is 9.95. The van der Waals surface area contributed by atoms with Crippen LogP contribution in [-0.4, -0.2) is 34.5 Å². The van der Waals surface area contributed by atoms with Gasteiger partial charge in [0.1, 0.15) is 11.3 Å². The van der Waals surface area contributed by atoms with E-state index in [1.165, 1.54) is 37.6 Å². The van der Waals surface area contributed by atoms with Gasteiger partial charge in [-0.1, -0.05) is 13.8 Å². The Kier molecular flexibility index (Phi) is 5.62. The van der Waals surface area contributed by atoms with Crippen LogP contribution in [0.2, 0.25) is 0 Å². The van der Waals surface area contributed by atoms with Crippen LogP contribution in [0.4, 0.5) is 17.6 Å². The Morgan fingerprint density at radius 2 is 1.80 bits per heavy atom. The Morgan fingerprint density at radius 1 is 1.14 bits per heavy atom. The lowest BCUT2D eigenvalue weighted by Crippen LogP contribution is -2.21. The van der Waals surface area contributed by atoms with Gasteiger partial charge in [-0.2, -0.15) is 23.4 Å². The predicted molar refractivity (Wildman–Crippen MR) is 120 cm³/mol. The molecule has 0 unspecified atom stereocenters. The monoisotopic (exact) mass is 492 g/mol. The third-order valence-corrected chi connectivity index (χ3v) is 5.76. The van der Waals surface area contributed by atoms with E-state index < -0.39 is 28.8 Å². The van der Waals surface area contributed by atoms with Gasteiger partial charge in [0.05, 0.1) is 22.3 Å². The number of halogens is 4. The maximum Gasteiger partial charge on any atom is 0.433 e. The molecule has 0 radical (unpaired) electrons. The quantitative estimate of drug-likeness (QED) is 0.414. The normalized spacial score (nSPS) is 12.8. The van der Waals surface area contributed by atoms with E-state index in [1.54, 1.807) is 7.05 Å². The molecule has 0 saturated heterocycles. The summed E-state index contributed by atoms with van der Waals surface area (Å²) >= 11 is 0. The molecular weight excluding hydrogens is 468 g/mol. The predicted octanol–water partition coefficient (Wildman–Crippen LogP) is 4.30. The molecule has 0 fully saturated rings. The number of fused-ring (bicyclic) bond motifs is 1. The van der Waals surface area contributed by atoms with Gasteiger partial charge in [-0.25, -0.2) is 14.1 Å². The topological polar surface area (TPSA) is 101 Å². The van der Waals surface area contributed by atoms with Crippen molar-refractivity contribution in [3.8, 4) is 22.5 Å². The van der Waals surface area contributed by atoms with Crippen LogP contribution in [0, 0.1) is 12.7 Å². The van der Waals surface area contributed by atoms with Crippen LogP contribution in [-0.2, 0) is 18.8 Å². The Hall–Kier alpha value is -3.54. The summed E-state index contributed by atoms with van der Waals surface area (Å²) in [7, 11) is 1.56. The number of pyridine rings is 2. The second-order valence-electron chi connectivity index (χ2n) is 9.26. The maximum atomic E-state index is 15.3. The fourth-order valence-corrected chi connectivity index (χ4v) is 4.15. The van der Waals surface area contributed by atoms with E-state index in [9.17, 15) is 23.1 Å². The fourth-order valence-electron chi connectivity index (χ4n) is 4.15. The number of nitrogens with zero attached hydrogens (tertiary/aromatic N) is 5. The first kappa shape index (κ1) is 24.6. The number of aryl methyl sites for hydroxylation is 2. The van der Waals surface area contributed by atoms with E-state index in [0.717, 1.165) is 10.6 Å². The van der Waals surface area contributed by atoms with E-state index in [4.69, 9.17) is 0 Å². The van der Waals surface area contributed by atoms with Crippen molar-refractivity contribution in [2.75, 3.05) is 0 Å². The SMILES string of the molecule is Cc1n[nH]c(C(F)(F)F)c1-c1cc(C(C)C)c2cc(-c3nc(C(C)(C)O)n(C)n3)c(F)cn2c1=O. The minimum atomic E-state index is -4.77. The van der Waals surface area contributed by atoms with Crippen molar-refractivity contribution in [3.05, 3.63) is 57.3 Å². The molecule has 0 atom stereocenters. The summed E-state index contributed by atoms with van der Waals surface area (Å²) < 4.78 is 58.4. The second-order valence-corrected chi connectivity index (χ2v) is 9.26. The standard InChI is InChI=1S/C23H24F4N6O2/c1-10(2)12-7-14(17-11(3)29-30-18(17)23(25,26)27)20(34)33-9-15(24)13(8-16(12)33)19-28-21(22(4,5)35)32(6)31-19/h7-10,35H,1-6H3,(H,29,30). The lowest BCUT2D eigenvalue weighted by molar-refractivity contribution is -0.140. The largest absolute Gasteiger partial charge is 0.433 e. The first-order valence-electron chi connectivity index (χ1n) is 10.8. The number of alkyl halides is 3. The van der Waals surface area contributed by atoms with Crippen LogP contribution in [0.15, 0.2) is 23.1 Å². The molecule has 4 aromatic rings. The zero-order valence-corrected chi connectivity index (χ0v) is 19.9. The fraction of sp³-hybridized carbons (Fsp3) is 0.391. The van der Waals surface area contributed by atoms with Crippen LogP contribution in [0.3, 0.4) is 0 Å². The maximum absolute atomic E-state index is 15.3. The van der Waals surface area contributed by atoms with Crippen LogP contribution in [0.5, 0.6) is 0 Å². The lowest BCUT2D eigenvalue weighted by Gasteiger charge is -2.16. The molecule has 0 bridgehead atoms. The molecule has 2 N–H and O–H groups in total. The number of hydrogen-bond donors (Lipinski definition) is 2. The van der Waals surface area contributed by atoms with Gasteiger partial charge >= 0.3 is 6.18 Å². The highest BCUT2D eigenvalue weighted by Crippen LogP contribution is 2.38. The molecule has 0 aliphatic heterocycles. The number of aliphatic hydroxyl groups is 1. The highest BCUT2D eigenvalue weighted by molar-refractivity contribution is 5.75. The van der Waals surface area contributed by atoms with E-state index in [2.05, 4.69) is 15.2 Å². The van der Waals surface area contributed by atoms with E-state index in [-0.39, 0.29) is 40.0 Å². The minimum absolute atomic E-state index is 0.000827. The van der Waals surface area contributed by atoms with Crippen molar-refractivity contribution >= 4 is 5.52 Å². The molecule has 4 heterocycles. The number of aromatic amines is 1. The number of H-pyrrole nitrogens is 1. The number of aromatic nitrogens is 6. The zero-order valence-electron chi connectivity index (χ0n) is 19.9. The Bertz CT molecular complexity index is 1510. The highest BCUT2D eigenvalue weighted by Gasteiger charge is 2.38. The third kappa shape index (κ3) is 4.11. The molecule has 0 aliphatic rings. The van der Waals surface area contributed by atoms with Gasteiger partial charge < -0.3 is 5.11 Å². The molecule has 12 heteroatoms. The Balaban J connectivity index is 2.03. The third-order valence-electron chi connectivity index (χ3n) is 5.76. The molecule has 0 saturated carbocycles. The average molecular weight is 492 g/mol. The second kappa shape index (κ2) is 8.01. The molecule has 8 nitrogen and oxygen atoms in total. The minimum Gasteiger partial charge on any atom is -0.382 e. The van der Waals surface area contributed by atoms with Gasteiger partial charge in [0.25, 0.3) is 5.56 Å². The van der Waals surface area contributed by atoms with Gasteiger partial charge in [-0.15, -0.1) is 0 Å².